The SMILES string of the molecule is O=C(Nc1ccc(S(=O)(=O)N2CCCCC2)cc1)c1cnc(-c2ccccc2)nc1. The number of piperidine rings is 1. The van der Waals surface area contributed by atoms with Crippen molar-refractivity contribution in [2.24, 2.45) is 0 Å². The molecule has 1 N–H and O–H groups in total. The Hall–Kier alpha value is -3.10. The average molecular weight is 423 g/mol. The van der Waals surface area contributed by atoms with Crippen molar-refractivity contribution in [2.75, 3.05) is 18.4 Å². The summed E-state index contributed by atoms with van der Waals surface area (Å²) >= 11 is 0. The van der Waals surface area contributed by atoms with Crippen LogP contribution in [-0.4, -0.2) is 41.7 Å². The molecule has 2 aromatic carbocycles. The van der Waals surface area contributed by atoms with Crippen molar-refractivity contribution in [3.05, 3.63) is 72.6 Å². The molecule has 1 fully saturated rings. The third-order valence-corrected chi connectivity index (χ3v) is 6.92. The zero-order chi connectivity index (χ0) is 21.0. The van der Waals surface area contributed by atoms with Gasteiger partial charge >= 0.3 is 0 Å². The van der Waals surface area contributed by atoms with E-state index in [1.165, 1.54) is 28.8 Å². The molecule has 8 heteroatoms. The maximum absolute atomic E-state index is 12.7. The molecule has 0 bridgehead atoms. The molecule has 0 unspecified atom stereocenters. The lowest BCUT2D eigenvalue weighted by molar-refractivity contribution is 0.102. The van der Waals surface area contributed by atoms with Gasteiger partial charge in [0.1, 0.15) is 0 Å². The second-order valence-corrected chi connectivity index (χ2v) is 9.04. The Morgan fingerprint density at radius 1 is 0.867 bits per heavy atom. The van der Waals surface area contributed by atoms with Gasteiger partial charge in [-0.3, -0.25) is 4.79 Å². The molecule has 0 saturated carbocycles. The van der Waals surface area contributed by atoms with Crippen molar-refractivity contribution >= 4 is 21.6 Å². The number of rotatable bonds is 5. The first-order valence-corrected chi connectivity index (χ1v) is 11.3. The molecule has 1 aliphatic rings. The van der Waals surface area contributed by atoms with Crippen molar-refractivity contribution in [3.8, 4) is 11.4 Å². The Kier molecular flexibility index (Phi) is 5.87. The molecule has 30 heavy (non-hydrogen) atoms. The zero-order valence-electron chi connectivity index (χ0n) is 16.4. The van der Waals surface area contributed by atoms with Gasteiger partial charge in [0.05, 0.1) is 10.5 Å². The van der Waals surface area contributed by atoms with Gasteiger partial charge in [-0.05, 0) is 37.1 Å². The van der Waals surface area contributed by atoms with Crippen molar-refractivity contribution in [3.63, 3.8) is 0 Å². The summed E-state index contributed by atoms with van der Waals surface area (Å²) in [6.45, 7) is 1.11. The Morgan fingerprint density at radius 3 is 2.13 bits per heavy atom. The summed E-state index contributed by atoms with van der Waals surface area (Å²) in [4.78, 5) is 21.2. The third-order valence-electron chi connectivity index (χ3n) is 5.01. The highest BCUT2D eigenvalue weighted by molar-refractivity contribution is 7.89. The van der Waals surface area contributed by atoms with Gasteiger partial charge in [0.15, 0.2) is 5.82 Å². The van der Waals surface area contributed by atoms with Gasteiger partial charge in [0, 0.05) is 36.7 Å². The molecular weight excluding hydrogens is 400 g/mol. The van der Waals surface area contributed by atoms with Crippen LogP contribution in [0.2, 0.25) is 0 Å². The molecule has 7 nitrogen and oxygen atoms in total. The summed E-state index contributed by atoms with van der Waals surface area (Å²) in [5.74, 6) is 0.181. The predicted molar refractivity (Wildman–Crippen MR) is 114 cm³/mol. The topological polar surface area (TPSA) is 92.3 Å². The van der Waals surface area contributed by atoms with Crippen LogP contribution in [0.15, 0.2) is 71.9 Å². The molecule has 1 aromatic heterocycles. The fraction of sp³-hybridized carbons (Fsp3) is 0.227. The normalized spacial score (nSPS) is 14.9. The molecule has 3 aromatic rings. The minimum Gasteiger partial charge on any atom is -0.322 e. The maximum Gasteiger partial charge on any atom is 0.258 e. The number of nitrogens with one attached hydrogen (secondary N) is 1. The number of amides is 1. The number of nitrogens with zero attached hydrogens (tertiary/aromatic N) is 3. The number of hydrogen-bond donors (Lipinski definition) is 1. The number of benzene rings is 2. The number of sulfonamides is 1. The van der Waals surface area contributed by atoms with Crippen LogP contribution in [0, 0.1) is 0 Å². The highest BCUT2D eigenvalue weighted by atomic mass is 32.2. The first-order chi connectivity index (χ1) is 14.5. The van der Waals surface area contributed by atoms with Crippen LogP contribution in [0.25, 0.3) is 11.4 Å². The van der Waals surface area contributed by atoms with Gasteiger partial charge in [-0.15, -0.1) is 0 Å². The number of anilines is 1. The molecule has 0 spiro atoms. The summed E-state index contributed by atoms with van der Waals surface area (Å²) in [5, 5.41) is 2.75. The monoisotopic (exact) mass is 422 g/mol. The zero-order valence-corrected chi connectivity index (χ0v) is 17.2. The van der Waals surface area contributed by atoms with E-state index < -0.39 is 10.0 Å². The van der Waals surface area contributed by atoms with E-state index >= 15 is 0 Å². The molecule has 1 aliphatic heterocycles. The summed E-state index contributed by atoms with van der Waals surface area (Å²) in [6, 6.07) is 15.7. The maximum atomic E-state index is 12.7. The second-order valence-electron chi connectivity index (χ2n) is 7.10. The Balaban J connectivity index is 1.43. The van der Waals surface area contributed by atoms with Gasteiger partial charge in [-0.2, -0.15) is 4.31 Å². The Bertz CT molecular complexity index is 1110. The van der Waals surface area contributed by atoms with E-state index in [4.69, 9.17) is 0 Å². The van der Waals surface area contributed by atoms with Gasteiger partial charge < -0.3 is 5.32 Å². The first kappa shape index (κ1) is 20.2. The molecule has 1 amide bonds. The van der Waals surface area contributed by atoms with E-state index in [0.29, 0.717) is 30.2 Å². The summed E-state index contributed by atoms with van der Waals surface area (Å²) in [6.07, 6.45) is 5.78. The van der Waals surface area contributed by atoms with Gasteiger partial charge in [0.2, 0.25) is 10.0 Å². The van der Waals surface area contributed by atoms with Crippen molar-refractivity contribution in [1.82, 2.24) is 14.3 Å². The number of carbonyl (C=O) groups excluding carboxylic acids is 1. The van der Waals surface area contributed by atoms with E-state index in [1.807, 2.05) is 30.3 Å². The van der Waals surface area contributed by atoms with Crippen LogP contribution in [0.3, 0.4) is 0 Å². The van der Waals surface area contributed by atoms with E-state index in [2.05, 4.69) is 15.3 Å². The highest BCUT2D eigenvalue weighted by Gasteiger charge is 2.25. The lowest BCUT2D eigenvalue weighted by Gasteiger charge is -2.25. The average Bonchev–Trinajstić information content (AvgIpc) is 2.81. The first-order valence-electron chi connectivity index (χ1n) is 9.83. The molecule has 1 saturated heterocycles. The summed E-state index contributed by atoms with van der Waals surface area (Å²) in [7, 11) is -3.49. The number of hydrogen-bond acceptors (Lipinski definition) is 5. The van der Waals surface area contributed by atoms with Crippen LogP contribution < -0.4 is 5.32 Å². The number of aromatic nitrogens is 2. The van der Waals surface area contributed by atoms with E-state index in [-0.39, 0.29) is 10.8 Å². The highest BCUT2D eigenvalue weighted by Crippen LogP contribution is 2.22. The minimum atomic E-state index is -3.49. The Morgan fingerprint density at radius 2 is 1.50 bits per heavy atom. The molecule has 4 rings (SSSR count). The fourth-order valence-electron chi connectivity index (χ4n) is 3.35. The molecule has 0 atom stereocenters. The summed E-state index contributed by atoms with van der Waals surface area (Å²) in [5.41, 5.74) is 1.69. The standard InChI is InChI=1S/C22H22N4O3S/c27-22(18-15-23-21(24-16-18)17-7-3-1-4-8-17)25-19-9-11-20(12-10-19)30(28,29)26-13-5-2-6-14-26/h1,3-4,7-12,15-16H,2,5-6,13-14H2,(H,25,27). The molecular formula is C22H22N4O3S. The molecule has 0 aliphatic carbocycles. The lowest BCUT2D eigenvalue weighted by Crippen LogP contribution is -2.35. The van der Waals surface area contributed by atoms with Gasteiger partial charge in [-0.25, -0.2) is 18.4 Å². The van der Waals surface area contributed by atoms with E-state index in [1.54, 1.807) is 12.1 Å². The fourth-order valence-corrected chi connectivity index (χ4v) is 4.87. The van der Waals surface area contributed by atoms with E-state index in [0.717, 1.165) is 24.8 Å². The van der Waals surface area contributed by atoms with Crippen LogP contribution in [-0.2, 0) is 10.0 Å². The molecule has 0 radical (unpaired) electrons. The van der Waals surface area contributed by atoms with Crippen molar-refractivity contribution in [1.29, 1.82) is 0 Å². The van der Waals surface area contributed by atoms with Crippen LogP contribution >= 0.6 is 0 Å². The molecule has 2 heterocycles. The Labute approximate surface area is 175 Å². The quantitative estimate of drug-likeness (QED) is 0.679. The van der Waals surface area contributed by atoms with Crippen LogP contribution in [0.1, 0.15) is 29.6 Å². The predicted octanol–water partition coefficient (Wildman–Crippen LogP) is 3.57. The van der Waals surface area contributed by atoms with Crippen LogP contribution in [0.4, 0.5) is 5.69 Å². The smallest absolute Gasteiger partial charge is 0.258 e. The third kappa shape index (κ3) is 4.39. The van der Waals surface area contributed by atoms with Crippen LogP contribution in [0.5, 0.6) is 0 Å². The lowest BCUT2D eigenvalue weighted by atomic mass is 10.2. The second kappa shape index (κ2) is 8.73. The summed E-state index contributed by atoms with van der Waals surface area (Å²) < 4.78 is 26.9. The van der Waals surface area contributed by atoms with Crippen molar-refractivity contribution < 1.29 is 13.2 Å². The van der Waals surface area contributed by atoms with E-state index in [9.17, 15) is 13.2 Å². The van der Waals surface area contributed by atoms with Gasteiger partial charge in [0.25, 0.3) is 5.91 Å². The molecule has 154 valence electrons. The van der Waals surface area contributed by atoms with Crippen molar-refractivity contribution in [2.45, 2.75) is 24.2 Å². The van der Waals surface area contributed by atoms with Gasteiger partial charge in [-0.1, -0.05) is 36.8 Å². The number of carbonyl (C=O) groups is 1. The minimum absolute atomic E-state index is 0.234. The largest absolute Gasteiger partial charge is 0.322 e.